The van der Waals surface area contributed by atoms with Gasteiger partial charge in [-0.15, -0.1) is 11.3 Å². The van der Waals surface area contributed by atoms with E-state index in [0.29, 0.717) is 12.3 Å². The van der Waals surface area contributed by atoms with Crippen molar-refractivity contribution >= 4 is 11.3 Å². The molecule has 0 radical (unpaired) electrons. The zero-order valence-electron chi connectivity index (χ0n) is 14.1. The van der Waals surface area contributed by atoms with Crippen LogP contribution in [-0.4, -0.2) is 29.6 Å². The molecule has 6 heteroatoms. The molecule has 4 rings (SSSR count). The van der Waals surface area contributed by atoms with E-state index in [-0.39, 0.29) is 11.7 Å². The smallest absolute Gasteiger partial charge is 0.132 e. The normalized spacial score (nSPS) is 18.2. The van der Waals surface area contributed by atoms with E-state index < -0.39 is 11.6 Å². The second-order valence-electron chi connectivity index (χ2n) is 6.28. The van der Waals surface area contributed by atoms with Crippen LogP contribution < -0.4 is 0 Å². The summed E-state index contributed by atoms with van der Waals surface area (Å²) in [5.41, 5.74) is 1.89. The highest BCUT2D eigenvalue weighted by Crippen LogP contribution is 2.31. The first kappa shape index (κ1) is 17.3. The fraction of sp³-hybridized carbons (Fsp3) is 0.250. The Morgan fingerprint density at radius 2 is 2.00 bits per heavy atom. The van der Waals surface area contributed by atoms with E-state index in [0.717, 1.165) is 36.8 Å². The molecule has 1 aromatic heterocycles. The van der Waals surface area contributed by atoms with Gasteiger partial charge in [0, 0.05) is 30.6 Å². The van der Waals surface area contributed by atoms with E-state index in [1.165, 1.54) is 23.0 Å². The third kappa shape index (κ3) is 3.82. The molecule has 2 aromatic carbocycles. The van der Waals surface area contributed by atoms with E-state index in [1.54, 1.807) is 5.38 Å². The minimum Gasteiger partial charge on any atom is -0.368 e. The van der Waals surface area contributed by atoms with Crippen LogP contribution in [0.4, 0.5) is 8.78 Å². The first-order valence-electron chi connectivity index (χ1n) is 8.48. The van der Waals surface area contributed by atoms with Crippen molar-refractivity contribution in [2.45, 2.75) is 12.6 Å². The molecule has 1 aliphatic heterocycles. The summed E-state index contributed by atoms with van der Waals surface area (Å²) in [4.78, 5) is 6.83. The molecule has 2 heterocycles. The van der Waals surface area contributed by atoms with Gasteiger partial charge < -0.3 is 4.74 Å². The molecule has 0 amide bonds. The highest BCUT2D eigenvalue weighted by molar-refractivity contribution is 7.10. The Kier molecular flexibility index (Phi) is 5.06. The molecule has 1 fully saturated rings. The lowest BCUT2D eigenvalue weighted by Gasteiger charge is -2.32. The number of hydrogen-bond donors (Lipinski definition) is 0. The monoisotopic (exact) mass is 372 g/mol. The fourth-order valence-corrected chi connectivity index (χ4v) is 3.95. The zero-order valence-corrected chi connectivity index (χ0v) is 14.9. The van der Waals surface area contributed by atoms with Crippen LogP contribution in [0.5, 0.6) is 0 Å². The molecule has 0 bridgehead atoms. The molecule has 0 saturated carbocycles. The highest BCUT2D eigenvalue weighted by Gasteiger charge is 2.25. The van der Waals surface area contributed by atoms with Gasteiger partial charge in [-0.1, -0.05) is 30.3 Å². The quantitative estimate of drug-likeness (QED) is 0.666. The Morgan fingerprint density at radius 1 is 1.15 bits per heavy atom. The van der Waals surface area contributed by atoms with Gasteiger partial charge in [0.15, 0.2) is 0 Å². The van der Waals surface area contributed by atoms with Gasteiger partial charge in [0.05, 0.1) is 12.3 Å². The third-order valence-corrected chi connectivity index (χ3v) is 5.34. The van der Waals surface area contributed by atoms with E-state index in [9.17, 15) is 8.78 Å². The van der Waals surface area contributed by atoms with Gasteiger partial charge in [-0.25, -0.2) is 13.8 Å². The number of nitrogens with zero attached hydrogens (tertiary/aromatic N) is 2. The Hall–Kier alpha value is -2.15. The largest absolute Gasteiger partial charge is 0.368 e. The maximum Gasteiger partial charge on any atom is 0.132 e. The standard InChI is InChI=1S/C20H18F2N2OS/c21-15-6-7-17(22)16(10-15)18-13-26-20(23-18)19-12-24(8-9-25-19)11-14-4-2-1-3-5-14/h1-7,10,13,19H,8-9,11-12H2. The summed E-state index contributed by atoms with van der Waals surface area (Å²) in [5.74, 6) is -0.947. The fourth-order valence-electron chi connectivity index (χ4n) is 3.09. The van der Waals surface area contributed by atoms with Crippen LogP contribution in [0.25, 0.3) is 11.3 Å². The Balaban J connectivity index is 1.49. The topological polar surface area (TPSA) is 25.4 Å². The molecule has 134 valence electrons. The van der Waals surface area contributed by atoms with Crippen molar-refractivity contribution in [1.82, 2.24) is 9.88 Å². The number of hydrogen-bond acceptors (Lipinski definition) is 4. The van der Waals surface area contributed by atoms with Gasteiger partial charge in [-0.3, -0.25) is 4.90 Å². The molecule has 1 unspecified atom stereocenters. The first-order valence-corrected chi connectivity index (χ1v) is 9.36. The molecule has 1 atom stereocenters. The molecular formula is C20H18F2N2OS. The highest BCUT2D eigenvalue weighted by atomic mass is 32.1. The molecular weight excluding hydrogens is 354 g/mol. The maximum atomic E-state index is 14.0. The van der Waals surface area contributed by atoms with Crippen molar-refractivity contribution in [1.29, 1.82) is 0 Å². The van der Waals surface area contributed by atoms with Crippen LogP contribution in [0, 0.1) is 11.6 Å². The Labute approximate surface area is 154 Å². The summed E-state index contributed by atoms with van der Waals surface area (Å²) in [6.07, 6.45) is -0.150. The molecule has 0 spiro atoms. The van der Waals surface area contributed by atoms with Crippen molar-refractivity contribution in [3.05, 3.63) is 76.1 Å². The summed E-state index contributed by atoms with van der Waals surface area (Å²) in [6, 6.07) is 13.7. The second kappa shape index (κ2) is 7.61. The van der Waals surface area contributed by atoms with Gasteiger partial charge in [-0.2, -0.15) is 0 Å². The minimum absolute atomic E-state index is 0.150. The minimum atomic E-state index is -0.474. The van der Waals surface area contributed by atoms with Crippen molar-refractivity contribution < 1.29 is 13.5 Å². The number of rotatable bonds is 4. The lowest BCUT2D eigenvalue weighted by Crippen LogP contribution is -2.37. The van der Waals surface area contributed by atoms with Crippen LogP contribution in [0.15, 0.2) is 53.9 Å². The molecule has 1 saturated heterocycles. The predicted molar refractivity (Wildman–Crippen MR) is 97.9 cm³/mol. The lowest BCUT2D eigenvalue weighted by molar-refractivity contribution is -0.0329. The third-order valence-electron chi connectivity index (χ3n) is 4.40. The van der Waals surface area contributed by atoms with Crippen LogP contribution in [0.2, 0.25) is 0 Å². The molecule has 3 aromatic rings. The number of benzene rings is 2. The SMILES string of the molecule is Fc1ccc(F)c(-c2csc(C3CN(Cc4ccccc4)CCO3)n2)c1. The van der Waals surface area contributed by atoms with Gasteiger partial charge in [0.25, 0.3) is 0 Å². The van der Waals surface area contributed by atoms with E-state index in [1.807, 2.05) is 18.2 Å². The van der Waals surface area contributed by atoms with Crippen molar-refractivity contribution in [3.8, 4) is 11.3 Å². The molecule has 1 aliphatic rings. The van der Waals surface area contributed by atoms with Crippen molar-refractivity contribution in [3.63, 3.8) is 0 Å². The number of morpholine rings is 1. The first-order chi connectivity index (χ1) is 12.7. The molecule has 3 nitrogen and oxygen atoms in total. The van der Waals surface area contributed by atoms with Crippen molar-refractivity contribution in [2.75, 3.05) is 19.7 Å². The Morgan fingerprint density at radius 3 is 2.85 bits per heavy atom. The molecule has 0 aliphatic carbocycles. The van der Waals surface area contributed by atoms with E-state index >= 15 is 0 Å². The van der Waals surface area contributed by atoms with Crippen LogP contribution in [0.3, 0.4) is 0 Å². The number of thiazole rings is 1. The maximum absolute atomic E-state index is 14.0. The summed E-state index contributed by atoms with van der Waals surface area (Å²) in [5, 5.41) is 2.55. The molecule has 26 heavy (non-hydrogen) atoms. The van der Waals surface area contributed by atoms with Crippen LogP contribution in [0.1, 0.15) is 16.7 Å². The van der Waals surface area contributed by atoms with Gasteiger partial charge in [-0.05, 0) is 23.8 Å². The summed E-state index contributed by atoms with van der Waals surface area (Å²) in [7, 11) is 0. The number of ether oxygens (including phenoxy) is 1. The summed E-state index contributed by atoms with van der Waals surface area (Å²) < 4.78 is 33.3. The number of aromatic nitrogens is 1. The van der Waals surface area contributed by atoms with Crippen molar-refractivity contribution in [2.24, 2.45) is 0 Å². The second-order valence-corrected chi connectivity index (χ2v) is 7.16. The van der Waals surface area contributed by atoms with Crippen LogP contribution in [-0.2, 0) is 11.3 Å². The zero-order chi connectivity index (χ0) is 17.9. The van der Waals surface area contributed by atoms with Gasteiger partial charge in [0.1, 0.15) is 22.7 Å². The lowest BCUT2D eigenvalue weighted by atomic mass is 10.1. The summed E-state index contributed by atoms with van der Waals surface area (Å²) in [6.45, 7) is 3.08. The van der Waals surface area contributed by atoms with E-state index in [2.05, 4.69) is 22.0 Å². The predicted octanol–water partition coefficient (Wildman–Crippen LogP) is 4.66. The average Bonchev–Trinajstić information content (AvgIpc) is 3.15. The van der Waals surface area contributed by atoms with Gasteiger partial charge >= 0.3 is 0 Å². The van der Waals surface area contributed by atoms with Gasteiger partial charge in [0.2, 0.25) is 0 Å². The molecule has 0 N–H and O–H groups in total. The Bertz CT molecular complexity index is 885. The number of halogens is 2. The summed E-state index contributed by atoms with van der Waals surface area (Å²) >= 11 is 1.42. The average molecular weight is 372 g/mol. The van der Waals surface area contributed by atoms with Crippen LogP contribution >= 0.6 is 11.3 Å². The van der Waals surface area contributed by atoms with E-state index in [4.69, 9.17) is 4.74 Å².